The van der Waals surface area contributed by atoms with Crippen LogP contribution in [0.2, 0.25) is 0 Å². The largest absolute Gasteiger partial charge is 0.274 e. The minimum absolute atomic E-state index is 0.171. The summed E-state index contributed by atoms with van der Waals surface area (Å²) < 4.78 is 8.42. The molecule has 0 aliphatic carbocycles. The van der Waals surface area contributed by atoms with Crippen molar-refractivity contribution in [3.05, 3.63) is 23.3 Å². The molecule has 32 heavy (non-hydrogen) atoms. The molecule has 5 nitrogen and oxygen atoms in total. The topological polar surface area (TPSA) is 63.2 Å². The number of carbonyl (C=O) groups excluding carboxylic acids is 2. The molecule has 1 aromatic heterocycles. The second-order valence-electron chi connectivity index (χ2n) is 9.33. The quantitative estimate of drug-likeness (QED) is 0.194. The molecule has 2 amide bonds. The first-order valence-corrected chi connectivity index (χ1v) is 13.5. The lowest BCUT2D eigenvalue weighted by Crippen LogP contribution is -2.31. The Morgan fingerprint density at radius 3 is 1.75 bits per heavy atom. The molecular weight excluding hydrogens is 418 g/mol. The number of hydrogen-bond donors (Lipinski definition) is 0. The van der Waals surface area contributed by atoms with Crippen LogP contribution in [0.4, 0.5) is 0 Å². The zero-order chi connectivity index (χ0) is 22.8. The summed E-state index contributed by atoms with van der Waals surface area (Å²) in [5.41, 5.74) is 2.36. The lowest BCUT2D eigenvalue weighted by atomic mass is 9.90. The van der Waals surface area contributed by atoms with Crippen LogP contribution in [0.3, 0.4) is 0 Å². The number of benzene rings is 1. The van der Waals surface area contributed by atoms with E-state index in [0.717, 1.165) is 24.6 Å². The fourth-order valence-electron chi connectivity index (χ4n) is 4.82. The van der Waals surface area contributed by atoms with Crippen LogP contribution < -0.4 is 0 Å². The van der Waals surface area contributed by atoms with Gasteiger partial charge in [-0.2, -0.15) is 8.75 Å². The third-order valence-corrected chi connectivity index (χ3v) is 7.33. The van der Waals surface area contributed by atoms with E-state index in [1.54, 1.807) is 12.1 Å². The Balaban J connectivity index is 1.48. The second-order valence-corrected chi connectivity index (χ2v) is 9.86. The zero-order valence-electron chi connectivity index (χ0n) is 19.9. The smallest absolute Gasteiger partial charge is 0.261 e. The van der Waals surface area contributed by atoms with Crippen LogP contribution in [-0.2, 0) is 0 Å². The highest BCUT2D eigenvalue weighted by atomic mass is 32.1. The molecule has 0 bridgehead atoms. The van der Waals surface area contributed by atoms with Gasteiger partial charge in [-0.3, -0.25) is 14.5 Å². The molecule has 0 N–H and O–H groups in total. The summed E-state index contributed by atoms with van der Waals surface area (Å²) in [6.45, 7) is 5.03. The third-order valence-electron chi connectivity index (χ3n) is 6.77. The predicted octanol–water partition coefficient (Wildman–Crippen LogP) is 7.40. The molecule has 0 saturated heterocycles. The first kappa shape index (κ1) is 24.8. The van der Waals surface area contributed by atoms with Crippen LogP contribution in [-0.4, -0.2) is 32.0 Å². The fourth-order valence-corrected chi connectivity index (χ4v) is 5.32. The zero-order valence-corrected chi connectivity index (χ0v) is 20.7. The molecular formula is C26H39N3O2S. The minimum atomic E-state index is -0.171. The molecule has 6 heteroatoms. The van der Waals surface area contributed by atoms with Crippen LogP contribution in [0.1, 0.15) is 124 Å². The van der Waals surface area contributed by atoms with Gasteiger partial charge in [0, 0.05) is 6.54 Å². The number of unbranched alkanes of at least 4 members (excludes halogenated alkanes) is 8. The van der Waals surface area contributed by atoms with E-state index in [9.17, 15) is 9.59 Å². The van der Waals surface area contributed by atoms with Crippen molar-refractivity contribution in [1.82, 2.24) is 13.6 Å². The van der Waals surface area contributed by atoms with Crippen LogP contribution in [0.5, 0.6) is 0 Å². The Kier molecular flexibility index (Phi) is 10.1. The van der Waals surface area contributed by atoms with Gasteiger partial charge < -0.3 is 0 Å². The SMILES string of the molecule is CCCCCCCC[C@@H](CCCCCC)CCCN1C(=O)c2cc3nsnc3cc2C1=O. The molecule has 0 spiro atoms. The molecule has 0 saturated carbocycles. The average molecular weight is 458 g/mol. The molecule has 1 aliphatic rings. The maximum Gasteiger partial charge on any atom is 0.261 e. The molecule has 0 unspecified atom stereocenters. The van der Waals surface area contributed by atoms with Crippen LogP contribution in [0, 0.1) is 5.92 Å². The fraction of sp³-hybridized carbons (Fsp3) is 0.692. The van der Waals surface area contributed by atoms with Crippen LogP contribution >= 0.6 is 11.7 Å². The van der Waals surface area contributed by atoms with E-state index >= 15 is 0 Å². The van der Waals surface area contributed by atoms with Crippen LogP contribution in [0.15, 0.2) is 12.1 Å². The van der Waals surface area contributed by atoms with E-state index < -0.39 is 0 Å². The van der Waals surface area contributed by atoms with E-state index in [2.05, 4.69) is 22.6 Å². The number of carbonyl (C=O) groups is 2. The molecule has 0 radical (unpaired) electrons. The normalized spacial score (nSPS) is 14.5. The summed E-state index contributed by atoms with van der Waals surface area (Å²) >= 11 is 1.11. The van der Waals surface area contributed by atoms with Gasteiger partial charge in [0.1, 0.15) is 11.0 Å². The highest BCUT2D eigenvalue weighted by Crippen LogP contribution is 2.29. The van der Waals surface area contributed by atoms with E-state index in [1.165, 1.54) is 81.9 Å². The Labute approximate surface area is 197 Å². The summed E-state index contributed by atoms with van der Waals surface area (Å²) in [5.74, 6) is 0.372. The van der Waals surface area contributed by atoms with E-state index in [-0.39, 0.29) is 11.8 Å². The second kappa shape index (κ2) is 13.0. The number of amides is 2. The Morgan fingerprint density at radius 1 is 0.719 bits per heavy atom. The van der Waals surface area contributed by atoms with Crippen molar-refractivity contribution in [3.8, 4) is 0 Å². The Bertz CT molecular complexity index is 829. The van der Waals surface area contributed by atoms with Crippen molar-refractivity contribution in [2.45, 2.75) is 104 Å². The van der Waals surface area contributed by atoms with Crippen molar-refractivity contribution in [2.75, 3.05) is 6.54 Å². The predicted molar refractivity (Wildman–Crippen MR) is 132 cm³/mol. The Hall–Kier alpha value is -1.82. The number of hydrogen-bond acceptors (Lipinski definition) is 5. The highest BCUT2D eigenvalue weighted by Gasteiger charge is 2.36. The maximum atomic E-state index is 12.8. The molecule has 3 rings (SSSR count). The average Bonchev–Trinajstić information content (AvgIpc) is 3.35. The van der Waals surface area contributed by atoms with Crippen molar-refractivity contribution in [3.63, 3.8) is 0 Å². The lowest BCUT2D eigenvalue weighted by Gasteiger charge is -2.19. The molecule has 1 aliphatic heterocycles. The van der Waals surface area contributed by atoms with Gasteiger partial charge in [-0.1, -0.05) is 90.9 Å². The van der Waals surface area contributed by atoms with Gasteiger partial charge >= 0.3 is 0 Å². The molecule has 0 fully saturated rings. The number of fused-ring (bicyclic) bond motifs is 2. The van der Waals surface area contributed by atoms with Crippen molar-refractivity contribution >= 4 is 34.6 Å². The van der Waals surface area contributed by atoms with Gasteiger partial charge in [0.25, 0.3) is 11.8 Å². The van der Waals surface area contributed by atoms with Gasteiger partial charge in [-0.15, -0.1) is 0 Å². The molecule has 1 atom stereocenters. The number of imide groups is 1. The molecule has 2 heterocycles. The van der Waals surface area contributed by atoms with Crippen molar-refractivity contribution in [1.29, 1.82) is 0 Å². The summed E-state index contributed by atoms with van der Waals surface area (Å²) in [6.07, 6.45) is 17.8. The van der Waals surface area contributed by atoms with E-state index in [4.69, 9.17) is 0 Å². The van der Waals surface area contributed by atoms with Gasteiger partial charge in [0.2, 0.25) is 0 Å². The summed E-state index contributed by atoms with van der Waals surface area (Å²) in [6, 6.07) is 3.45. The van der Waals surface area contributed by atoms with E-state index in [0.29, 0.717) is 34.6 Å². The first-order chi connectivity index (χ1) is 15.7. The van der Waals surface area contributed by atoms with Gasteiger partial charge in [-0.25, -0.2) is 0 Å². The highest BCUT2D eigenvalue weighted by molar-refractivity contribution is 7.00. The number of rotatable bonds is 16. The maximum absolute atomic E-state index is 12.8. The third kappa shape index (κ3) is 6.60. The van der Waals surface area contributed by atoms with Gasteiger partial charge in [-0.05, 0) is 30.9 Å². The lowest BCUT2D eigenvalue weighted by molar-refractivity contribution is 0.0649. The van der Waals surface area contributed by atoms with Crippen molar-refractivity contribution < 1.29 is 9.59 Å². The van der Waals surface area contributed by atoms with Gasteiger partial charge in [0.15, 0.2) is 0 Å². The summed E-state index contributed by atoms with van der Waals surface area (Å²) in [4.78, 5) is 27.1. The Morgan fingerprint density at radius 2 is 1.19 bits per heavy atom. The molecule has 2 aromatic rings. The number of aromatic nitrogens is 2. The molecule has 176 valence electrons. The van der Waals surface area contributed by atoms with Crippen molar-refractivity contribution in [2.24, 2.45) is 5.92 Å². The summed E-state index contributed by atoms with van der Waals surface area (Å²) in [7, 11) is 0. The monoisotopic (exact) mass is 457 g/mol. The summed E-state index contributed by atoms with van der Waals surface area (Å²) in [5, 5.41) is 0. The first-order valence-electron chi connectivity index (χ1n) is 12.8. The van der Waals surface area contributed by atoms with Gasteiger partial charge in [0.05, 0.1) is 22.9 Å². The van der Waals surface area contributed by atoms with Crippen LogP contribution in [0.25, 0.3) is 11.0 Å². The standard InChI is InChI=1S/C26H39N3O2S/c1-3-5-7-9-10-12-15-20(14-11-8-6-4-2)16-13-17-29-25(30)21-18-23-24(28-32-27-23)19-22(21)26(29)31/h18-20H,3-17H2,1-2H3/t20-/m1/s1. The molecule has 1 aromatic carbocycles. The minimum Gasteiger partial charge on any atom is -0.274 e. The van der Waals surface area contributed by atoms with E-state index in [1.807, 2.05) is 0 Å². The number of nitrogens with zero attached hydrogens (tertiary/aromatic N) is 3.